The van der Waals surface area contributed by atoms with E-state index in [1.165, 1.54) is 27.6 Å². The quantitative estimate of drug-likeness (QED) is 0.648. The third-order valence-corrected chi connectivity index (χ3v) is 6.55. The fourth-order valence-electron chi connectivity index (χ4n) is 3.24. The lowest BCUT2D eigenvalue weighted by Crippen LogP contribution is -2.17. The number of ether oxygens (including phenoxy) is 1. The zero-order chi connectivity index (χ0) is 18.8. The van der Waals surface area contributed by atoms with Crippen molar-refractivity contribution in [1.29, 1.82) is 0 Å². The summed E-state index contributed by atoms with van der Waals surface area (Å²) in [7, 11) is 1.57. The van der Waals surface area contributed by atoms with Crippen molar-refractivity contribution in [3.63, 3.8) is 0 Å². The summed E-state index contributed by atoms with van der Waals surface area (Å²) in [5.41, 5.74) is 2.23. The molecule has 138 valence electrons. The van der Waals surface area contributed by atoms with Crippen molar-refractivity contribution in [2.24, 2.45) is 0 Å². The largest absolute Gasteiger partial charge is 0.495 e. The molecular formula is C20H18N2O3S2. The lowest BCUT2D eigenvalue weighted by Gasteiger charge is -2.12. The molecule has 0 atom stereocenters. The number of rotatable bonds is 5. The summed E-state index contributed by atoms with van der Waals surface area (Å²) in [6.45, 7) is 0. The van der Waals surface area contributed by atoms with E-state index in [-0.39, 0.29) is 11.8 Å². The summed E-state index contributed by atoms with van der Waals surface area (Å²) >= 11 is 2.88. The number of methoxy groups -OCH3 is 1. The minimum Gasteiger partial charge on any atom is -0.495 e. The number of anilines is 2. The van der Waals surface area contributed by atoms with Crippen LogP contribution >= 0.6 is 22.7 Å². The molecule has 1 aliphatic carbocycles. The predicted molar refractivity (Wildman–Crippen MR) is 110 cm³/mol. The number of thiophene rings is 2. The minimum atomic E-state index is -0.222. The number of aryl methyl sites for hydroxylation is 1. The Hall–Kier alpha value is -2.64. The molecule has 4 rings (SSSR count). The number of hydrogen-bond acceptors (Lipinski definition) is 5. The van der Waals surface area contributed by atoms with Crippen molar-refractivity contribution in [3.8, 4) is 5.75 Å². The van der Waals surface area contributed by atoms with E-state index in [0.29, 0.717) is 26.9 Å². The van der Waals surface area contributed by atoms with Gasteiger partial charge in [0.2, 0.25) is 0 Å². The van der Waals surface area contributed by atoms with Crippen molar-refractivity contribution in [2.45, 2.75) is 19.3 Å². The number of amides is 2. The van der Waals surface area contributed by atoms with Gasteiger partial charge >= 0.3 is 0 Å². The number of hydrogen-bond donors (Lipinski definition) is 2. The summed E-state index contributed by atoms with van der Waals surface area (Å²) in [4.78, 5) is 27.4. The molecule has 2 amide bonds. The summed E-state index contributed by atoms with van der Waals surface area (Å²) < 4.78 is 5.32. The maximum absolute atomic E-state index is 13.1. The van der Waals surface area contributed by atoms with Crippen LogP contribution in [0.1, 0.15) is 36.9 Å². The minimum absolute atomic E-state index is 0.184. The number of para-hydroxylation sites is 2. The van der Waals surface area contributed by atoms with Crippen LogP contribution < -0.4 is 15.4 Å². The average molecular weight is 399 g/mol. The topological polar surface area (TPSA) is 67.4 Å². The number of carbonyl (C=O) groups excluding carboxylic acids is 2. The smallest absolute Gasteiger partial charge is 0.266 e. The summed E-state index contributed by atoms with van der Waals surface area (Å²) in [5.74, 6) is 0.193. The van der Waals surface area contributed by atoms with Crippen molar-refractivity contribution >= 4 is 45.2 Å². The molecule has 2 aromatic heterocycles. The van der Waals surface area contributed by atoms with Crippen LogP contribution in [-0.4, -0.2) is 18.9 Å². The zero-order valence-corrected chi connectivity index (χ0v) is 16.3. The van der Waals surface area contributed by atoms with Gasteiger partial charge in [-0.05, 0) is 48.4 Å². The Morgan fingerprint density at radius 3 is 2.67 bits per heavy atom. The molecule has 0 radical (unpaired) electrons. The third kappa shape index (κ3) is 3.48. The average Bonchev–Trinajstić information content (AvgIpc) is 3.39. The molecule has 5 nitrogen and oxygen atoms in total. The van der Waals surface area contributed by atoms with Crippen LogP contribution in [0.5, 0.6) is 5.75 Å². The van der Waals surface area contributed by atoms with Crippen LogP contribution in [0.15, 0.2) is 41.8 Å². The first-order valence-electron chi connectivity index (χ1n) is 8.61. The van der Waals surface area contributed by atoms with Gasteiger partial charge in [-0.1, -0.05) is 18.2 Å². The lowest BCUT2D eigenvalue weighted by molar-refractivity contribution is 0.102. The lowest BCUT2D eigenvalue weighted by atomic mass is 10.1. The Bertz CT molecular complexity index is 993. The first kappa shape index (κ1) is 17.8. The Balaban J connectivity index is 1.65. The maximum atomic E-state index is 13.1. The van der Waals surface area contributed by atoms with Crippen molar-refractivity contribution < 1.29 is 14.3 Å². The number of carbonyl (C=O) groups is 2. The Morgan fingerprint density at radius 2 is 1.89 bits per heavy atom. The maximum Gasteiger partial charge on any atom is 0.266 e. The van der Waals surface area contributed by atoms with Gasteiger partial charge < -0.3 is 15.4 Å². The van der Waals surface area contributed by atoms with E-state index in [9.17, 15) is 9.59 Å². The molecule has 0 bridgehead atoms. The second-order valence-electron chi connectivity index (χ2n) is 6.15. The van der Waals surface area contributed by atoms with E-state index in [0.717, 1.165) is 24.8 Å². The van der Waals surface area contributed by atoms with Crippen LogP contribution in [0.2, 0.25) is 0 Å². The summed E-state index contributed by atoms with van der Waals surface area (Å²) in [5, 5.41) is 8.35. The van der Waals surface area contributed by atoms with Gasteiger partial charge in [0.1, 0.15) is 10.8 Å². The highest BCUT2D eigenvalue weighted by Gasteiger charge is 2.28. The first-order chi connectivity index (χ1) is 13.2. The van der Waals surface area contributed by atoms with Crippen LogP contribution in [-0.2, 0) is 12.8 Å². The normalized spacial score (nSPS) is 12.5. The van der Waals surface area contributed by atoms with Crippen molar-refractivity contribution in [1.82, 2.24) is 0 Å². The van der Waals surface area contributed by atoms with Gasteiger partial charge in [-0.3, -0.25) is 9.59 Å². The van der Waals surface area contributed by atoms with Gasteiger partial charge in [0.25, 0.3) is 11.8 Å². The highest BCUT2D eigenvalue weighted by atomic mass is 32.1. The van der Waals surface area contributed by atoms with Gasteiger partial charge in [-0.25, -0.2) is 0 Å². The van der Waals surface area contributed by atoms with Crippen LogP contribution in [0.25, 0.3) is 0 Å². The predicted octanol–water partition coefficient (Wildman–Crippen LogP) is 4.81. The first-order valence-corrected chi connectivity index (χ1v) is 10.3. The Kier molecular flexibility index (Phi) is 4.96. The molecular weight excluding hydrogens is 380 g/mol. The van der Waals surface area contributed by atoms with Gasteiger partial charge in [-0.15, -0.1) is 22.7 Å². The molecule has 1 aromatic carbocycles. The van der Waals surface area contributed by atoms with Crippen molar-refractivity contribution in [2.75, 3.05) is 17.7 Å². The van der Waals surface area contributed by atoms with Gasteiger partial charge in [0.05, 0.1) is 23.2 Å². The van der Waals surface area contributed by atoms with Crippen LogP contribution in [0.3, 0.4) is 0 Å². The highest BCUT2D eigenvalue weighted by Crippen LogP contribution is 2.40. The van der Waals surface area contributed by atoms with E-state index in [4.69, 9.17) is 4.74 Å². The van der Waals surface area contributed by atoms with Crippen molar-refractivity contribution in [3.05, 3.63) is 62.7 Å². The summed E-state index contributed by atoms with van der Waals surface area (Å²) in [6, 6.07) is 10.9. The number of fused-ring (bicyclic) bond motifs is 1. The van der Waals surface area contributed by atoms with Crippen LogP contribution in [0, 0.1) is 0 Å². The summed E-state index contributed by atoms with van der Waals surface area (Å²) in [6.07, 6.45) is 2.84. The SMILES string of the molecule is COc1ccccc1NC(=O)c1c(NC(=O)c2cccs2)sc2c1CCC2. The van der Waals surface area contributed by atoms with E-state index in [1.807, 2.05) is 23.6 Å². The van der Waals surface area contributed by atoms with E-state index in [2.05, 4.69) is 10.6 Å². The molecule has 0 spiro atoms. The van der Waals surface area contributed by atoms with Gasteiger partial charge in [0, 0.05) is 4.88 Å². The van der Waals surface area contributed by atoms with Gasteiger partial charge in [-0.2, -0.15) is 0 Å². The van der Waals surface area contributed by atoms with Gasteiger partial charge in [0.15, 0.2) is 0 Å². The molecule has 2 heterocycles. The molecule has 0 fully saturated rings. The molecule has 3 aromatic rings. The second-order valence-corrected chi connectivity index (χ2v) is 8.20. The molecule has 27 heavy (non-hydrogen) atoms. The fourth-order valence-corrected chi connectivity index (χ4v) is 5.14. The molecule has 0 aliphatic heterocycles. The van der Waals surface area contributed by atoms with E-state index >= 15 is 0 Å². The number of benzene rings is 1. The monoisotopic (exact) mass is 398 g/mol. The third-order valence-electron chi connectivity index (χ3n) is 4.48. The Morgan fingerprint density at radius 1 is 1.04 bits per heavy atom. The van der Waals surface area contributed by atoms with E-state index < -0.39 is 0 Å². The molecule has 2 N–H and O–H groups in total. The Labute approximate surface area is 165 Å². The number of nitrogens with one attached hydrogen (secondary N) is 2. The molecule has 0 unspecified atom stereocenters. The van der Waals surface area contributed by atoms with Crippen LogP contribution in [0.4, 0.5) is 10.7 Å². The molecule has 0 saturated heterocycles. The molecule has 7 heteroatoms. The molecule has 1 aliphatic rings. The highest BCUT2D eigenvalue weighted by molar-refractivity contribution is 7.17. The fraction of sp³-hybridized carbons (Fsp3) is 0.200. The zero-order valence-electron chi connectivity index (χ0n) is 14.7. The molecule has 0 saturated carbocycles. The second kappa shape index (κ2) is 7.54. The van der Waals surface area contributed by atoms with E-state index in [1.54, 1.807) is 25.3 Å². The standard InChI is InChI=1S/C20H18N2O3S2/c1-25-14-8-3-2-7-13(14)21-19(24)17-12-6-4-9-15(12)27-20(17)22-18(23)16-10-5-11-26-16/h2-3,5,7-8,10-11H,4,6,9H2,1H3,(H,21,24)(H,22,23).